The Labute approximate surface area is 115 Å². The lowest BCUT2D eigenvalue weighted by Crippen LogP contribution is -2.35. The van der Waals surface area contributed by atoms with Crippen LogP contribution in [0.25, 0.3) is 0 Å². The highest BCUT2D eigenvalue weighted by molar-refractivity contribution is 5.94. The molecule has 106 valence electrons. The lowest BCUT2D eigenvalue weighted by molar-refractivity contribution is 0.0735. The fraction of sp³-hybridized carbons (Fsp3) is 0.533. The van der Waals surface area contributed by atoms with Crippen molar-refractivity contribution in [3.05, 3.63) is 29.3 Å². The van der Waals surface area contributed by atoms with Crippen LogP contribution in [0.5, 0.6) is 5.75 Å². The molecule has 4 heteroatoms. The molecule has 0 fully saturated rings. The van der Waals surface area contributed by atoms with Gasteiger partial charge in [0.15, 0.2) is 0 Å². The molecule has 4 nitrogen and oxygen atoms in total. The van der Waals surface area contributed by atoms with Gasteiger partial charge in [-0.3, -0.25) is 4.79 Å². The minimum absolute atomic E-state index is 0.0440. The van der Waals surface area contributed by atoms with Crippen molar-refractivity contribution in [2.45, 2.75) is 27.2 Å². The van der Waals surface area contributed by atoms with E-state index in [-0.39, 0.29) is 11.7 Å². The zero-order valence-electron chi connectivity index (χ0n) is 12.0. The molecule has 1 amide bonds. The summed E-state index contributed by atoms with van der Waals surface area (Å²) in [6.07, 6.45) is 0.788. The third kappa shape index (κ3) is 4.56. The molecule has 0 saturated carbocycles. The van der Waals surface area contributed by atoms with Crippen molar-refractivity contribution in [1.29, 1.82) is 0 Å². The van der Waals surface area contributed by atoms with Crippen molar-refractivity contribution in [2.75, 3.05) is 19.6 Å². The highest BCUT2D eigenvalue weighted by Gasteiger charge is 2.17. The number of hydrogen-bond acceptors (Lipinski definition) is 3. The standard InChI is InChI=1S/C15H24N2O2/c1-11(2)10-17(8-4-7-16)15(19)13-6-5-12(3)14(18)9-13/h5-6,9,11,18H,4,7-8,10,16H2,1-3H3. The summed E-state index contributed by atoms with van der Waals surface area (Å²) < 4.78 is 0. The van der Waals surface area contributed by atoms with Crippen LogP contribution in [-0.4, -0.2) is 35.5 Å². The van der Waals surface area contributed by atoms with E-state index in [1.807, 2.05) is 11.8 Å². The van der Waals surface area contributed by atoms with Crippen LogP contribution in [0.4, 0.5) is 0 Å². The van der Waals surface area contributed by atoms with Gasteiger partial charge in [0, 0.05) is 18.7 Å². The average Bonchev–Trinajstić information content (AvgIpc) is 2.36. The molecule has 0 atom stereocenters. The third-order valence-corrected chi connectivity index (χ3v) is 2.96. The second-order valence-corrected chi connectivity index (χ2v) is 5.29. The Kier molecular flexibility index (Phi) is 5.83. The number of amides is 1. The van der Waals surface area contributed by atoms with Crippen LogP contribution < -0.4 is 5.73 Å². The van der Waals surface area contributed by atoms with Gasteiger partial charge in [-0.2, -0.15) is 0 Å². The first-order valence-electron chi connectivity index (χ1n) is 6.74. The van der Waals surface area contributed by atoms with E-state index in [1.165, 1.54) is 6.07 Å². The summed E-state index contributed by atoms with van der Waals surface area (Å²) in [7, 11) is 0. The number of hydrogen-bond donors (Lipinski definition) is 2. The quantitative estimate of drug-likeness (QED) is 0.827. The van der Waals surface area contributed by atoms with Crippen molar-refractivity contribution in [1.82, 2.24) is 4.90 Å². The molecule has 0 radical (unpaired) electrons. The maximum absolute atomic E-state index is 12.4. The first kappa shape index (κ1) is 15.5. The molecule has 0 aliphatic carbocycles. The van der Waals surface area contributed by atoms with Gasteiger partial charge in [0.05, 0.1) is 0 Å². The predicted octanol–water partition coefficient (Wildman–Crippen LogP) is 2.15. The Bertz CT molecular complexity index is 430. The summed E-state index contributed by atoms with van der Waals surface area (Å²) in [5.74, 6) is 0.521. The minimum atomic E-state index is -0.0440. The summed E-state index contributed by atoms with van der Waals surface area (Å²) in [6.45, 7) is 7.89. The zero-order valence-corrected chi connectivity index (χ0v) is 12.0. The van der Waals surface area contributed by atoms with Crippen molar-refractivity contribution in [3.63, 3.8) is 0 Å². The van der Waals surface area contributed by atoms with Crippen molar-refractivity contribution in [3.8, 4) is 5.75 Å². The number of phenolic OH excluding ortho intramolecular Hbond substituents is 1. The van der Waals surface area contributed by atoms with Gasteiger partial charge >= 0.3 is 0 Å². The summed E-state index contributed by atoms with van der Waals surface area (Å²) >= 11 is 0. The molecule has 19 heavy (non-hydrogen) atoms. The zero-order chi connectivity index (χ0) is 14.4. The Morgan fingerprint density at radius 3 is 2.63 bits per heavy atom. The van der Waals surface area contributed by atoms with E-state index in [4.69, 9.17) is 5.73 Å². The van der Waals surface area contributed by atoms with Crippen LogP contribution in [0.1, 0.15) is 36.2 Å². The molecular formula is C15H24N2O2. The highest BCUT2D eigenvalue weighted by Crippen LogP contribution is 2.19. The Morgan fingerprint density at radius 2 is 2.11 bits per heavy atom. The molecule has 1 aromatic carbocycles. The van der Waals surface area contributed by atoms with Gasteiger partial charge in [0.2, 0.25) is 0 Å². The fourth-order valence-corrected chi connectivity index (χ4v) is 1.92. The first-order valence-corrected chi connectivity index (χ1v) is 6.74. The van der Waals surface area contributed by atoms with E-state index in [0.717, 1.165) is 12.0 Å². The van der Waals surface area contributed by atoms with Crippen LogP contribution in [0.15, 0.2) is 18.2 Å². The number of nitrogens with two attached hydrogens (primary N) is 1. The second-order valence-electron chi connectivity index (χ2n) is 5.29. The number of nitrogens with zero attached hydrogens (tertiary/aromatic N) is 1. The summed E-state index contributed by atoms with van der Waals surface area (Å²) in [6, 6.07) is 5.06. The van der Waals surface area contributed by atoms with Gasteiger partial charge in [-0.25, -0.2) is 0 Å². The lowest BCUT2D eigenvalue weighted by atomic mass is 10.1. The predicted molar refractivity (Wildman–Crippen MR) is 77.3 cm³/mol. The largest absolute Gasteiger partial charge is 0.508 e. The molecule has 0 heterocycles. The molecule has 0 aliphatic rings. The summed E-state index contributed by atoms with van der Waals surface area (Å²) in [5.41, 5.74) is 6.81. The van der Waals surface area contributed by atoms with Gasteiger partial charge in [-0.15, -0.1) is 0 Å². The number of rotatable bonds is 6. The fourth-order valence-electron chi connectivity index (χ4n) is 1.92. The molecule has 0 saturated heterocycles. The first-order chi connectivity index (χ1) is 8.95. The second kappa shape index (κ2) is 7.14. The van der Waals surface area contributed by atoms with Crippen molar-refractivity contribution >= 4 is 5.91 Å². The van der Waals surface area contributed by atoms with E-state index >= 15 is 0 Å². The number of carbonyl (C=O) groups is 1. The molecule has 0 bridgehead atoms. The molecule has 0 unspecified atom stereocenters. The Balaban J connectivity index is 2.87. The number of aromatic hydroxyl groups is 1. The van der Waals surface area contributed by atoms with Crippen LogP contribution in [0.2, 0.25) is 0 Å². The normalized spacial score (nSPS) is 10.8. The number of carbonyl (C=O) groups excluding carboxylic acids is 1. The third-order valence-electron chi connectivity index (χ3n) is 2.96. The van der Waals surface area contributed by atoms with Crippen LogP contribution >= 0.6 is 0 Å². The minimum Gasteiger partial charge on any atom is -0.508 e. The van der Waals surface area contributed by atoms with Crippen molar-refractivity contribution in [2.24, 2.45) is 11.7 Å². The number of aryl methyl sites for hydroxylation is 1. The summed E-state index contributed by atoms with van der Waals surface area (Å²) in [5, 5.41) is 9.70. The van der Waals surface area contributed by atoms with Crippen LogP contribution in [0.3, 0.4) is 0 Å². The van der Waals surface area contributed by atoms with E-state index in [0.29, 0.717) is 31.1 Å². The van der Waals surface area contributed by atoms with Gasteiger partial charge in [0.1, 0.15) is 5.75 Å². The molecule has 0 aliphatic heterocycles. The van der Waals surface area contributed by atoms with E-state index in [2.05, 4.69) is 13.8 Å². The molecule has 1 rings (SSSR count). The van der Waals surface area contributed by atoms with Crippen LogP contribution in [0, 0.1) is 12.8 Å². The molecule has 3 N–H and O–H groups in total. The van der Waals surface area contributed by atoms with Gasteiger partial charge in [0.25, 0.3) is 5.91 Å². The Morgan fingerprint density at radius 1 is 1.42 bits per heavy atom. The SMILES string of the molecule is Cc1ccc(C(=O)N(CCCN)CC(C)C)cc1O. The van der Waals surface area contributed by atoms with Gasteiger partial charge in [-0.05, 0) is 43.5 Å². The smallest absolute Gasteiger partial charge is 0.253 e. The number of benzene rings is 1. The topological polar surface area (TPSA) is 66.6 Å². The lowest BCUT2D eigenvalue weighted by Gasteiger charge is -2.24. The summed E-state index contributed by atoms with van der Waals surface area (Å²) in [4.78, 5) is 14.2. The van der Waals surface area contributed by atoms with E-state index in [9.17, 15) is 9.90 Å². The molecule has 0 aromatic heterocycles. The maximum atomic E-state index is 12.4. The molecule has 0 spiro atoms. The van der Waals surface area contributed by atoms with E-state index < -0.39 is 0 Å². The van der Waals surface area contributed by atoms with Crippen LogP contribution in [-0.2, 0) is 0 Å². The average molecular weight is 264 g/mol. The monoisotopic (exact) mass is 264 g/mol. The Hall–Kier alpha value is -1.55. The maximum Gasteiger partial charge on any atom is 0.253 e. The number of phenols is 1. The molecular weight excluding hydrogens is 240 g/mol. The highest BCUT2D eigenvalue weighted by atomic mass is 16.3. The van der Waals surface area contributed by atoms with Crippen molar-refractivity contribution < 1.29 is 9.90 Å². The molecule has 1 aromatic rings. The van der Waals surface area contributed by atoms with Gasteiger partial charge < -0.3 is 15.7 Å². The van der Waals surface area contributed by atoms with Gasteiger partial charge in [-0.1, -0.05) is 19.9 Å². The van der Waals surface area contributed by atoms with E-state index in [1.54, 1.807) is 12.1 Å².